The van der Waals surface area contributed by atoms with Crippen LogP contribution in [0.5, 0.6) is 5.75 Å². The Balaban J connectivity index is 0.00000420. The fourth-order valence-corrected chi connectivity index (χ4v) is 2.67. The third kappa shape index (κ3) is 9.35. The molecule has 0 heterocycles. The Morgan fingerprint density at radius 3 is 2.21 bits per heavy atom. The lowest BCUT2D eigenvalue weighted by Crippen LogP contribution is -2.44. The average molecular weight is 522 g/mol. The molecule has 9 heteroatoms. The summed E-state index contributed by atoms with van der Waals surface area (Å²) >= 11 is 0. The minimum atomic E-state index is -4.72. The van der Waals surface area contributed by atoms with E-state index in [1.807, 2.05) is 32.0 Å². The fraction of sp³-hybridized carbons (Fsp3) is 0.350. The number of benzene rings is 2. The van der Waals surface area contributed by atoms with Crippen molar-refractivity contribution < 1.29 is 17.9 Å². The molecule has 1 unspecified atom stereocenters. The number of nitrogens with zero attached hydrogens (tertiary/aromatic N) is 1. The number of hydrogen-bond donors (Lipinski definition) is 3. The van der Waals surface area contributed by atoms with Crippen molar-refractivity contribution in [2.45, 2.75) is 38.7 Å². The number of rotatable bonds is 7. The Hall–Kier alpha value is -2.01. The van der Waals surface area contributed by atoms with E-state index < -0.39 is 6.36 Å². The van der Waals surface area contributed by atoms with Gasteiger partial charge in [-0.3, -0.25) is 4.99 Å². The number of guanidine groups is 1. The summed E-state index contributed by atoms with van der Waals surface area (Å²) in [6.45, 7) is 6.53. The summed E-state index contributed by atoms with van der Waals surface area (Å²) in [6.07, 6.45) is -4.72. The normalized spacial score (nSPS) is 13.4. The maximum Gasteiger partial charge on any atom is 0.573 e. The van der Waals surface area contributed by atoms with Crippen molar-refractivity contribution in [3.8, 4) is 5.75 Å². The number of alkyl halides is 3. The summed E-state index contributed by atoms with van der Waals surface area (Å²) in [4.78, 5) is 4.33. The van der Waals surface area contributed by atoms with Gasteiger partial charge in [-0.2, -0.15) is 0 Å². The smallest absolute Gasteiger partial charge is 0.406 e. The number of nitrogens with two attached hydrogens (primary N) is 1. The van der Waals surface area contributed by atoms with E-state index in [0.29, 0.717) is 12.2 Å². The van der Waals surface area contributed by atoms with Crippen LogP contribution in [0.25, 0.3) is 0 Å². The van der Waals surface area contributed by atoms with Crippen molar-refractivity contribution in [1.82, 2.24) is 5.32 Å². The highest BCUT2D eigenvalue weighted by Crippen LogP contribution is 2.24. The molecular weight excluding hydrogens is 496 g/mol. The highest BCUT2D eigenvalue weighted by molar-refractivity contribution is 14.0. The van der Waals surface area contributed by atoms with E-state index in [1.54, 1.807) is 0 Å². The highest BCUT2D eigenvalue weighted by Gasteiger charge is 2.31. The molecule has 5 nitrogen and oxygen atoms in total. The van der Waals surface area contributed by atoms with Gasteiger partial charge >= 0.3 is 6.36 Å². The third-order valence-corrected chi connectivity index (χ3v) is 3.91. The summed E-state index contributed by atoms with van der Waals surface area (Å²) in [5.41, 5.74) is 7.27. The molecule has 2 aromatic rings. The molecule has 0 bridgehead atoms. The minimum Gasteiger partial charge on any atom is -0.406 e. The molecule has 29 heavy (non-hydrogen) atoms. The molecule has 0 fully saturated rings. The standard InChI is InChI=1S/C20H25F3N4O.HI/c1-14(15-7-5-4-6-8-15)27-19(2,3)13-25-18(24)26-16-9-11-17(12-10-16)28-20(21,22)23;/h4-12,14,27H,13H2,1-3H3,(H3,24,25,26);1H. The van der Waals surface area contributed by atoms with Crippen LogP contribution in [-0.2, 0) is 0 Å². The van der Waals surface area contributed by atoms with Gasteiger partial charge < -0.3 is 21.1 Å². The van der Waals surface area contributed by atoms with Crippen LogP contribution >= 0.6 is 24.0 Å². The van der Waals surface area contributed by atoms with Gasteiger partial charge in [0.15, 0.2) is 5.96 Å². The number of nitrogens with one attached hydrogen (secondary N) is 2. The predicted molar refractivity (Wildman–Crippen MR) is 121 cm³/mol. The lowest BCUT2D eigenvalue weighted by molar-refractivity contribution is -0.274. The second kappa shape index (κ2) is 10.7. The van der Waals surface area contributed by atoms with Crippen molar-refractivity contribution in [1.29, 1.82) is 0 Å². The largest absolute Gasteiger partial charge is 0.573 e. The monoisotopic (exact) mass is 522 g/mol. The first kappa shape index (κ1) is 25.0. The topological polar surface area (TPSA) is 71.7 Å². The lowest BCUT2D eigenvalue weighted by atomic mass is 10.0. The van der Waals surface area contributed by atoms with Crippen LogP contribution in [0.4, 0.5) is 18.9 Å². The predicted octanol–water partition coefficient (Wildman–Crippen LogP) is 5.06. The van der Waals surface area contributed by atoms with Crippen LogP contribution < -0.4 is 21.1 Å². The van der Waals surface area contributed by atoms with Crippen molar-refractivity contribution in [3.63, 3.8) is 0 Å². The average Bonchev–Trinajstić information content (AvgIpc) is 2.61. The zero-order valence-electron chi connectivity index (χ0n) is 16.5. The molecule has 160 valence electrons. The van der Waals surface area contributed by atoms with Gasteiger partial charge in [-0.15, -0.1) is 37.1 Å². The molecule has 0 saturated heterocycles. The molecule has 0 spiro atoms. The molecule has 0 aliphatic heterocycles. The lowest BCUT2D eigenvalue weighted by Gasteiger charge is -2.29. The number of ether oxygens (including phenoxy) is 1. The number of hydrogen-bond acceptors (Lipinski definition) is 3. The van der Waals surface area contributed by atoms with Crippen molar-refractivity contribution in [3.05, 3.63) is 60.2 Å². The molecular formula is C20H26F3IN4O. The van der Waals surface area contributed by atoms with Gasteiger partial charge in [-0.05, 0) is 50.6 Å². The maximum atomic E-state index is 12.2. The Morgan fingerprint density at radius 1 is 1.07 bits per heavy atom. The third-order valence-electron chi connectivity index (χ3n) is 3.91. The summed E-state index contributed by atoms with van der Waals surface area (Å²) < 4.78 is 40.4. The van der Waals surface area contributed by atoms with Crippen LogP contribution in [0, 0.1) is 0 Å². The second-order valence-corrected chi connectivity index (χ2v) is 7.06. The molecule has 0 amide bonds. The molecule has 0 aliphatic carbocycles. The summed E-state index contributed by atoms with van der Waals surface area (Å²) in [5.74, 6) is -0.125. The van der Waals surface area contributed by atoms with Crippen LogP contribution in [0.1, 0.15) is 32.4 Å². The summed E-state index contributed by atoms with van der Waals surface area (Å²) in [6, 6.07) is 15.5. The SMILES string of the molecule is CC(NC(C)(C)CN=C(N)Nc1ccc(OC(F)(F)F)cc1)c1ccccc1.I. The first-order valence-corrected chi connectivity index (χ1v) is 8.79. The number of anilines is 1. The van der Waals surface area contributed by atoms with Crippen molar-refractivity contribution >= 4 is 35.6 Å². The Bertz CT molecular complexity index is 781. The van der Waals surface area contributed by atoms with Crippen LogP contribution in [0.3, 0.4) is 0 Å². The Morgan fingerprint density at radius 2 is 1.66 bits per heavy atom. The molecule has 0 aromatic heterocycles. The molecule has 1 atom stereocenters. The Labute approximate surface area is 185 Å². The molecule has 4 N–H and O–H groups in total. The van der Waals surface area contributed by atoms with Crippen LogP contribution in [-0.4, -0.2) is 24.4 Å². The Kier molecular flexibility index (Phi) is 9.21. The number of aliphatic imine (C=N–C) groups is 1. The van der Waals surface area contributed by atoms with E-state index in [4.69, 9.17) is 5.73 Å². The first-order chi connectivity index (χ1) is 13.0. The molecule has 2 rings (SSSR count). The quantitative estimate of drug-likeness (QED) is 0.270. The van der Waals surface area contributed by atoms with Gasteiger partial charge in [-0.1, -0.05) is 30.3 Å². The van der Waals surface area contributed by atoms with E-state index in [9.17, 15) is 13.2 Å². The second-order valence-electron chi connectivity index (χ2n) is 7.06. The zero-order chi connectivity index (χ0) is 20.8. The van der Waals surface area contributed by atoms with E-state index in [1.165, 1.54) is 29.8 Å². The molecule has 0 radical (unpaired) electrons. The van der Waals surface area contributed by atoms with E-state index in [0.717, 1.165) is 0 Å². The summed E-state index contributed by atoms with van der Waals surface area (Å²) in [7, 11) is 0. The minimum absolute atomic E-state index is 0. The van der Waals surface area contributed by atoms with Gasteiger partial charge in [0.05, 0.1) is 6.54 Å². The molecule has 2 aromatic carbocycles. The maximum absolute atomic E-state index is 12.2. The van der Waals surface area contributed by atoms with Gasteiger partial charge in [0.2, 0.25) is 0 Å². The molecule has 0 aliphatic rings. The number of halogens is 4. The van der Waals surface area contributed by atoms with Gasteiger partial charge in [0.1, 0.15) is 5.75 Å². The summed E-state index contributed by atoms with van der Waals surface area (Å²) in [5, 5.41) is 6.36. The van der Waals surface area contributed by atoms with E-state index >= 15 is 0 Å². The zero-order valence-corrected chi connectivity index (χ0v) is 18.8. The first-order valence-electron chi connectivity index (χ1n) is 8.79. The highest BCUT2D eigenvalue weighted by atomic mass is 127. The van der Waals surface area contributed by atoms with E-state index in [2.05, 4.69) is 39.4 Å². The van der Waals surface area contributed by atoms with Crippen molar-refractivity contribution in [2.24, 2.45) is 10.7 Å². The van der Waals surface area contributed by atoms with Crippen molar-refractivity contribution in [2.75, 3.05) is 11.9 Å². The van der Waals surface area contributed by atoms with Crippen LogP contribution in [0.15, 0.2) is 59.6 Å². The fourth-order valence-electron chi connectivity index (χ4n) is 2.67. The van der Waals surface area contributed by atoms with Gasteiger partial charge in [0.25, 0.3) is 0 Å². The van der Waals surface area contributed by atoms with Crippen LogP contribution in [0.2, 0.25) is 0 Å². The van der Waals surface area contributed by atoms with E-state index in [-0.39, 0.29) is 47.3 Å². The van der Waals surface area contributed by atoms with Gasteiger partial charge in [-0.25, -0.2) is 0 Å². The van der Waals surface area contributed by atoms with Gasteiger partial charge in [0, 0.05) is 17.3 Å². The molecule has 0 saturated carbocycles.